The Morgan fingerprint density at radius 2 is 1.06 bits per heavy atom. The molecule has 0 fully saturated rings. The van der Waals surface area contributed by atoms with Gasteiger partial charge in [0.25, 0.3) is 0 Å². The summed E-state index contributed by atoms with van der Waals surface area (Å²) in [7, 11) is 0. The van der Waals surface area contributed by atoms with Crippen molar-refractivity contribution in [2.45, 2.75) is 0 Å². The number of para-hydroxylation sites is 6. The van der Waals surface area contributed by atoms with E-state index in [1.165, 1.54) is 27.2 Å². The molecule has 3 nitrogen and oxygen atoms in total. The van der Waals surface area contributed by atoms with E-state index in [2.05, 4.69) is 191 Å². The van der Waals surface area contributed by atoms with Crippen molar-refractivity contribution in [2.75, 3.05) is 4.90 Å². The highest BCUT2D eigenvalue weighted by atomic mass is 16.3. The highest BCUT2D eigenvalue weighted by Gasteiger charge is 2.22. The smallest absolute Gasteiger partial charge is 0.143 e. The van der Waals surface area contributed by atoms with Gasteiger partial charge in [0.15, 0.2) is 0 Å². The van der Waals surface area contributed by atoms with Crippen molar-refractivity contribution in [1.29, 1.82) is 0 Å². The molecule has 0 atom stereocenters. The minimum atomic E-state index is 0.893. The van der Waals surface area contributed by atoms with Gasteiger partial charge in [-0.3, -0.25) is 0 Å². The summed E-state index contributed by atoms with van der Waals surface area (Å²) in [6.45, 7) is 0. The zero-order valence-electron chi connectivity index (χ0n) is 26.6. The molecule has 10 rings (SSSR count). The minimum absolute atomic E-state index is 0.893. The molecule has 0 aliphatic heterocycles. The normalized spacial score (nSPS) is 11.7. The van der Waals surface area contributed by atoms with E-state index in [4.69, 9.17) is 4.42 Å². The van der Waals surface area contributed by atoms with E-state index in [0.29, 0.717) is 0 Å². The van der Waals surface area contributed by atoms with Gasteiger partial charge < -0.3 is 13.9 Å². The van der Waals surface area contributed by atoms with Gasteiger partial charge in [0.2, 0.25) is 0 Å². The van der Waals surface area contributed by atoms with E-state index >= 15 is 0 Å². The van der Waals surface area contributed by atoms with Crippen molar-refractivity contribution in [2.24, 2.45) is 0 Å². The van der Waals surface area contributed by atoms with Gasteiger partial charge in [0.05, 0.1) is 28.1 Å². The summed E-state index contributed by atoms with van der Waals surface area (Å²) in [5.41, 5.74) is 10.9. The molecule has 0 saturated carbocycles. The van der Waals surface area contributed by atoms with Crippen molar-refractivity contribution in [3.8, 4) is 16.8 Å². The van der Waals surface area contributed by atoms with Crippen molar-refractivity contribution < 1.29 is 4.42 Å². The van der Waals surface area contributed by atoms with Crippen LogP contribution in [0, 0.1) is 0 Å². The molecular formula is C46H30N2O. The Balaban J connectivity index is 1.22. The molecule has 0 aliphatic rings. The topological polar surface area (TPSA) is 21.3 Å². The maximum atomic E-state index is 6.49. The van der Waals surface area contributed by atoms with Crippen LogP contribution in [0.2, 0.25) is 0 Å². The van der Waals surface area contributed by atoms with Crippen LogP contribution in [-0.4, -0.2) is 4.57 Å². The second kappa shape index (κ2) is 11.0. The second-order valence-electron chi connectivity index (χ2n) is 12.5. The Labute approximate surface area is 283 Å². The summed E-state index contributed by atoms with van der Waals surface area (Å²) in [6.07, 6.45) is 0. The Morgan fingerprint density at radius 3 is 1.86 bits per heavy atom. The van der Waals surface area contributed by atoms with E-state index < -0.39 is 0 Å². The maximum absolute atomic E-state index is 6.49. The second-order valence-corrected chi connectivity index (χ2v) is 12.5. The monoisotopic (exact) mass is 626 g/mol. The number of fused-ring (bicyclic) bond motifs is 8. The molecule has 0 saturated heterocycles. The van der Waals surface area contributed by atoms with Crippen LogP contribution >= 0.6 is 0 Å². The summed E-state index contributed by atoms with van der Waals surface area (Å²) < 4.78 is 8.90. The van der Waals surface area contributed by atoms with Gasteiger partial charge in [-0.1, -0.05) is 121 Å². The summed E-state index contributed by atoms with van der Waals surface area (Å²) >= 11 is 0. The first-order valence-electron chi connectivity index (χ1n) is 16.7. The van der Waals surface area contributed by atoms with Crippen LogP contribution in [0.15, 0.2) is 186 Å². The third-order valence-corrected chi connectivity index (χ3v) is 9.78. The highest BCUT2D eigenvalue weighted by molar-refractivity contribution is 6.16. The molecule has 49 heavy (non-hydrogen) atoms. The van der Waals surface area contributed by atoms with Gasteiger partial charge in [0, 0.05) is 38.2 Å². The number of anilines is 3. The Bertz CT molecular complexity index is 2790. The molecule has 0 radical (unpaired) electrons. The summed E-state index contributed by atoms with van der Waals surface area (Å²) in [6, 6.07) is 65.0. The van der Waals surface area contributed by atoms with E-state index in [0.717, 1.165) is 61.2 Å². The lowest BCUT2D eigenvalue weighted by molar-refractivity contribution is 0.672. The lowest BCUT2D eigenvalue weighted by Crippen LogP contribution is -2.14. The molecule has 3 heteroatoms. The van der Waals surface area contributed by atoms with Crippen LogP contribution < -0.4 is 4.90 Å². The molecule has 10 aromatic rings. The molecule has 0 bridgehead atoms. The average molecular weight is 627 g/mol. The molecule has 0 unspecified atom stereocenters. The lowest BCUT2D eigenvalue weighted by Gasteiger charge is -2.30. The fourth-order valence-electron chi connectivity index (χ4n) is 7.59. The molecule has 2 aromatic heterocycles. The summed E-state index contributed by atoms with van der Waals surface area (Å²) in [5.74, 6) is 0. The molecule has 8 aromatic carbocycles. The summed E-state index contributed by atoms with van der Waals surface area (Å²) in [4.78, 5) is 2.40. The first-order chi connectivity index (χ1) is 24.3. The minimum Gasteiger partial charge on any atom is -0.455 e. The largest absolute Gasteiger partial charge is 0.455 e. The predicted octanol–water partition coefficient (Wildman–Crippen LogP) is 13.0. The van der Waals surface area contributed by atoms with Gasteiger partial charge in [0.1, 0.15) is 11.2 Å². The Morgan fingerprint density at radius 1 is 0.429 bits per heavy atom. The Hall–Kier alpha value is -6.58. The zero-order chi connectivity index (χ0) is 32.3. The predicted molar refractivity (Wildman–Crippen MR) is 206 cm³/mol. The SMILES string of the molecule is c1ccc(N(c2ccccc2-c2ccc3oc4c5ccccc5ccc4c3c2)c2ccccc2-n2c3ccccc3c3ccccc32)cc1. The van der Waals surface area contributed by atoms with E-state index in [1.807, 2.05) is 0 Å². The maximum Gasteiger partial charge on any atom is 0.143 e. The number of furan rings is 1. The number of hydrogen-bond acceptors (Lipinski definition) is 2. The van der Waals surface area contributed by atoms with Crippen molar-refractivity contribution in [3.63, 3.8) is 0 Å². The van der Waals surface area contributed by atoms with Crippen LogP contribution in [0.1, 0.15) is 0 Å². The average Bonchev–Trinajstić information content (AvgIpc) is 3.72. The number of rotatable bonds is 5. The molecule has 0 aliphatic carbocycles. The number of aromatic nitrogens is 1. The molecule has 0 spiro atoms. The fraction of sp³-hybridized carbons (Fsp3) is 0. The first-order valence-corrected chi connectivity index (χ1v) is 16.7. The molecule has 0 N–H and O–H groups in total. The lowest BCUT2D eigenvalue weighted by atomic mass is 9.99. The van der Waals surface area contributed by atoms with Gasteiger partial charge in [-0.15, -0.1) is 0 Å². The van der Waals surface area contributed by atoms with Crippen molar-refractivity contribution >= 4 is 71.6 Å². The van der Waals surface area contributed by atoms with E-state index in [-0.39, 0.29) is 0 Å². The van der Waals surface area contributed by atoms with Gasteiger partial charge >= 0.3 is 0 Å². The third-order valence-electron chi connectivity index (χ3n) is 9.78. The Kier molecular flexibility index (Phi) is 6.18. The van der Waals surface area contributed by atoms with Gasteiger partial charge in [-0.25, -0.2) is 0 Å². The van der Waals surface area contributed by atoms with Crippen LogP contribution in [0.4, 0.5) is 17.1 Å². The first kappa shape index (κ1) is 27.5. The quantitative estimate of drug-likeness (QED) is 0.190. The molecule has 230 valence electrons. The number of benzene rings is 8. The van der Waals surface area contributed by atoms with Crippen LogP contribution in [0.5, 0.6) is 0 Å². The van der Waals surface area contributed by atoms with Crippen molar-refractivity contribution in [1.82, 2.24) is 4.57 Å². The number of nitrogens with zero attached hydrogens (tertiary/aromatic N) is 2. The van der Waals surface area contributed by atoms with Crippen LogP contribution in [0.3, 0.4) is 0 Å². The fourth-order valence-corrected chi connectivity index (χ4v) is 7.59. The summed E-state index contributed by atoms with van der Waals surface area (Å²) in [5, 5.41) is 7.05. The third kappa shape index (κ3) is 4.29. The highest BCUT2D eigenvalue weighted by Crippen LogP contribution is 2.45. The van der Waals surface area contributed by atoms with Crippen LogP contribution in [-0.2, 0) is 0 Å². The van der Waals surface area contributed by atoms with E-state index in [1.54, 1.807) is 0 Å². The van der Waals surface area contributed by atoms with Gasteiger partial charge in [-0.2, -0.15) is 0 Å². The van der Waals surface area contributed by atoms with Crippen molar-refractivity contribution in [3.05, 3.63) is 182 Å². The van der Waals surface area contributed by atoms with E-state index in [9.17, 15) is 0 Å². The molecule has 2 heterocycles. The van der Waals surface area contributed by atoms with Crippen LogP contribution in [0.25, 0.3) is 71.3 Å². The molecular weight excluding hydrogens is 597 g/mol. The zero-order valence-corrected chi connectivity index (χ0v) is 26.6. The standard InChI is InChI=1S/C46H30N2O/c1-2-15-33(16-3-1)47(43-24-12-13-25-44(43)48-41-22-10-7-19-36(41)37-20-8-11-23-42(37)48)40-21-9-6-17-34(40)32-27-29-45-39(30-32)38-28-26-31-14-4-5-18-35(31)46(38)49-45/h1-30H. The van der Waals surface area contributed by atoms with Gasteiger partial charge in [-0.05, 0) is 71.6 Å². The number of hydrogen-bond donors (Lipinski definition) is 0. The molecule has 0 amide bonds.